The number of benzene rings is 1. The van der Waals surface area contributed by atoms with Crippen molar-refractivity contribution in [2.24, 2.45) is 5.92 Å². The van der Waals surface area contributed by atoms with Gasteiger partial charge >= 0.3 is 0 Å². The van der Waals surface area contributed by atoms with Crippen molar-refractivity contribution in [1.82, 2.24) is 4.90 Å². The first-order valence-electron chi connectivity index (χ1n) is 8.16. The molecule has 4 heteroatoms. The summed E-state index contributed by atoms with van der Waals surface area (Å²) in [6.07, 6.45) is -0.462. The molecule has 0 spiro atoms. The molecule has 2 rings (SSSR count). The lowest BCUT2D eigenvalue weighted by molar-refractivity contribution is 0.00680. The number of nitrogens with zero attached hydrogens (tertiary/aromatic N) is 1. The Balaban J connectivity index is 1.76. The van der Waals surface area contributed by atoms with Gasteiger partial charge in [-0.25, -0.2) is 0 Å². The molecule has 0 aliphatic heterocycles. The maximum Gasteiger partial charge on any atom is 0.0900 e. The smallest absolute Gasteiger partial charge is 0.0900 e. The standard InChI is InChI=1S/C19H27NO2S/c1-16(2)10-20(11-18-8-9-23-15-18)12-19(21)14-22-13-17-6-4-3-5-7-17/h3-9,15-16,19,21H,10-14H2,1-2H3/t19-/m0/s1. The van der Waals surface area contributed by atoms with E-state index in [1.807, 2.05) is 30.3 Å². The van der Waals surface area contributed by atoms with Gasteiger partial charge in [-0.2, -0.15) is 11.3 Å². The average molecular weight is 333 g/mol. The molecular weight excluding hydrogens is 306 g/mol. The summed E-state index contributed by atoms with van der Waals surface area (Å²) < 4.78 is 5.65. The zero-order chi connectivity index (χ0) is 16.5. The van der Waals surface area contributed by atoms with Crippen LogP contribution in [0.4, 0.5) is 0 Å². The quantitative estimate of drug-likeness (QED) is 0.718. The van der Waals surface area contributed by atoms with Crippen molar-refractivity contribution in [2.45, 2.75) is 33.1 Å². The minimum Gasteiger partial charge on any atom is -0.389 e. The fourth-order valence-corrected chi connectivity index (χ4v) is 3.26. The van der Waals surface area contributed by atoms with E-state index in [4.69, 9.17) is 4.74 Å². The zero-order valence-corrected chi connectivity index (χ0v) is 14.8. The second kappa shape index (κ2) is 9.83. The third-order valence-electron chi connectivity index (χ3n) is 3.50. The SMILES string of the molecule is CC(C)CN(Cc1ccsc1)C[C@H](O)COCc1ccccc1. The van der Waals surface area contributed by atoms with Crippen LogP contribution in [0, 0.1) is 5.92 Å². The molecule has 1 N–H and O–H groups in total. The summed E-state index contributed by atoms with van der Waals surface area (Å²) in [6, 6.07) is 12.2. The lowest BCUT2D eigenvalue weighted by Crippen LogP contribution is -2.36. The van der Waals surface area contributed by atoms with Crippen LogP contribution in [0.1, 0.15) is 25.0 Å². The molecule has 0 aliphatic carbocycles. The van der Waals surface area contributed by atoms with Crippen molar-refractivity contribution >= 4 is 11.3 Å². The Morgan fingerprint density at radius 2 is 1.87 bits per heavy atom. The molecule has 126 valence electrons. The molecule has 23 heavy (non-hydrogen) atoms. The van der Waals surface area contributed by atoms with Crippen molar-refractivity contribution in [3.8, 4) is 0 Å². The highest BCUT2D eigenvalue weighted by molar-refractivity contribution is 7.07. The van der Waals surface area contributed by atoms with E-state index in [1.54, 1.807) is 11.3 Å². The minimum absolute atomic E-state index is 0.368. The third kappa shape index (κ3) is 7.27. The highest BCUT2D eigenvalue weighted by Crippen LogP contribution is 2.12. The number of rotatable bonds is 10. The van der Waals surface area contributed by atoms with E-state index < -0.39 is 6.10 Å². The van der Waals surface area contributed by atoms with Gasteiger partial charge in [-0.05, 0) is 33.9 Å². The van der Waals surface area contributed by atoms with Crippen molar-refractivity contribution in [1.29, 1.82) is 0 Å². The van der Waals surface area contributed by atoms with Crippen LogP contribution < -0.4 is 0 Å². The maximum absolute atomic E-state index is 10.3. The number of ether oxygens (including phenoxy) is 1. The molecular formula is C19H27NO2S. The van der Waals surface area contributed by atoms with Crippen molar-refractivity contribution in [2.75, 3.05) is 19.7 Å². The minimum atomic E-state index is -0.462. The van der Waals surface area contributed by atoms with E-state index in [-0.39, 0.29) is 0 Å². The summed E-state index contributed by atoms with van der Waals surface area (Å²) in [7, 11) is 0. The molecule has 2 aromatic rings. The van der Waals surface area contributed by atoms with Gasteiger partial charge in [0.15, 0.2) is 0 Å². The van der Waals surface area contributed by atoms with Gasteiger partial charge in [0.1, 0.15) is 0 Å². The summed E-state index contributed by atoms with van der Waals surface area (Å²) in [5.74, 6) is 0.575. The predicted octanol–water partition coefficient (Wildman–Crippen LogP) is 3.78. The van der Waals surface area contributed by atoms with Crippen LogP contribution in [0.15, 0.2) is 47.2 Å². The number of thiophene rings is 1. The fraction of sp³-hybridized carbons (Fsp3) is 0.474. The maximum atomic E-state index is 10.3. The van der Waals surface area contributed by atoms with E-state index in [0.717, 1.165) is 18.7 Å². The van der Waals surface area contributed by atoms with Crippen molar-refractivity contribution in [3.05, 3.63) is 58.3 Å². The van der Waals surface area contributed by atoms with Gasteiger partial charge < -0.3 is 9.84 Å². The monoisotopic (exact) mass is 333 g/mol. The summed E-state index contributed by atoms with van der Waals surface area (Å²) in [5, 5.41) is 14.5. The molecule has 0 radical (unpaired) electrons. The first-order chi connectivity index (χ1) is 11.1. The predicted molar refractivity (Wildman–Crippen MR) is 96.5 cm³/mol. The summed E-state index contributed by atoms with van der Waals surface area (Å²) in [6.45, 7) is 7.84. The molecule has 0 bridgehead atoms. The molecule has 3 nitrogen and oxygen atoms in total. The summed E-state index contributed by atoms with van der Waals surface area (Å²) in [4.78, 5) is 2.31. The molecule has 0 saturated heterocycles. The first-order valence-corrected chi connectivity index (χ1v) is 9.11. The molecule has 1 aromatic heterocycles. The molecule has 1 aromatic carbocycles. The molecule has 0 saturated carbocycles. The van der Waals surface area contributed by atoms with Gasteiger partial charge in [-0.1, -0.05) is 44.2 Å². The molecule has 1 atom stereocenters. The number of aliphatic hydroxyl groups is 1. The van der Waals surface area contributed by atoms with E-state index in [1.165, 1.54) is 5.56 Å². The Kier molecular flexibility index (Phi) is 7.76. The zero-order valence-electron chi connectivity index (χ0n) is 14.0. The number of aliphatic hydroxyl groups excluding tert-OH is 1. The van der Waals surface area contributed by atoms with Crippen LogP contribution in [0.3, 0.4) is 0 Å². The molecule has 0 unspecified atom stereocenters. The first kappa shape index (κ1) is 18.1. The Hall–Kier alpha value is -1.20. The van der Waals surface area contributed by atoms with E-state index in [2.05, 4.69) is 35.6 Å². The third-order valence-corrected chi connectivity index (χ3v) is 4.23. The fourth-order valence-electron chi connectivity index (χ4n) is 2.60. The van der Waals surface area contributed by atoms with Crippen LogP contribution in [-0.4, -0.2) is 35.8 Å². The van der Waals surface area contributed by atoms with Gasteiger partial charge in [0.25, 0.3) is 0 Å². The largest absolute Gasteiger partial charge is 0.389 e. The molecule has 0 fully saturated rings. The lowest BCUT2D eigenvalue weighted by atomic mass is 10.2. The highest BCUT2D eigenvalue weighted by Gasteiger charge is 2.14. The molecule has 1 heterocycles. The van der Waals surface area contributed by atoms with Crippen molar-refractivity contribution in [3.63, 3.8) is 0 Å². The summed E-state index contributed by atoms with van der Waals surface area (Å²) in [5.41, 5.74) is 2.45. The Labute approximate surface area is 143 Å². The second-order valence-electron chi connectivity index (χ2n) is 6.37. The van der Waals surface area contributed by atoms with Gasteiger partial charge in [-0.15, -0.1) is 0 Å². The number of hydrogen-bond acceptors (Lipinski definition) is 4. The van der Waals surface area contributed by atoms with Gasteiger partial charge in [0, 0.05) is 19.6 Å². The Bertz CT molecular complexity index is 528. The van der Waals surface area contributed by atoms with Crippen LogP contribution in [0.2, 0.25) is 0 Å². The molecule has 0 aliphatic rings. The van der Waals surface area contributed by atoms with Crippen LogP contribution in [0.5, 0.6) is 0 Å². The summed E-state index contributed by atoms with van der Waals surface area (Å²) >= 11 is 1.72. The second-order valence-corrected chi connectivity index (χ2v) is 7.15. The molecule has 0 amide bonds. The Morgan fingerprint density at radius 3 is 2.52 bits per heavy atom. The van der Waals surface area contributed by atoms with E-state index in [0.29, 0.717) is 25.7 Å². The normalized spacial score (nSPS) is 12.9. The van der Waals surface area contributed by atoms with Gasteiger partial charge in [-0.3, -0.25) is 4.90 Å². The Morgan fingerprint density at radius 1 is 1.09 bits per heavy atom. The van der Waals surface area contributed by atoms with Crippen LogP contribution in [0.25, 0.3) is 0 Å². The van der Waals surface area contributed by atoms with E-state index >= 15 is 0 Å². The van der Waals surface area contributed by atoms with Gasteiger partial charge in [0.05, 0.1) is 19.3 Å². The van der Waals surface area contributed by atoms with Gasteiger partial charge in [0.2, 0.25) is 0 Å². The average Bonchev–Trinajstić information content (AvgIpc) is 3.00. The number of hydrogen-bond donors (Lipinski definition) is 1. The van der Waals surface area contributed by atoms with Crippen LogP contribution >= 0.6 is 11.3 Å². The van der Waals surface area contributed by atoms with Crippen LogP contribution in [-0.2, 0) is 17.9 Å². The van der Waals surface area contributed by atoms with E-state index in [9.17, 15) is 5.11 Å². The highest BCUT2D eigenvalue weighted by atomic mass is 32.1. The topological polar surface area (TPSA) is 32.7 Å². The van der Waals surface area contributed by atoms with Crippen molar-refractivity contribution < 1.29 is 9.84 Å². The lowest BCUT2D eigenvalue weighted by Gasteiger charge is -2.26.